The fourth-order valence-corrected chi connectivity index (χ4v) is 1.72. The molecule has 0 spiro atoms. The van der Waals surface area contributed by atoms with Gasteiger partial charge in [0.05, 0.1) is 6.20 Å². The molecule has 0 atom stereocenters. The van der Waals surface area contributed by atoms with E-state index < -0.39 is 0 Å². The van der Waals surface area contributed by atoms with Gasteiger partial charge >= 0.3 is 0 Å². The molecule has 0 aliphatic rings. The van der Waals surface area contributed by atoms with E-state index in [2.05, 4.69) is 10.3 Å². The zero-order valence-electron chi connectivity index (χ0n) is 10.2. The van der Waals surface area contributed by atoms with E-state index in [0.717, 1.165) is 17.1 Å². The van der Waals surface area contributed by atoms with Crippen LogP contribution in [0.25, 0.3) is 0 Å². The highest BCUT2D eigenvalue weighted by atomic mass is 16.5. The summed E-state index contributed by atoms with van der Waals surface area (Å²) >= 11 is 0. The third-order valence-corrected chi connectivity index (χ3v) is 2.60. The fraction of sp³-hybridized carbons (Fsp3) is 0. The SMILES string of the molecule is [CH](c1ccccc1Oc1ccccc1)n1ccnn1. The van der Waals surface area contributed by atoms with Gasteiger partial charge in [-0.2, -0.15) is 0 Å². The van der Waals surface area contributed by atoms with Gasteiger partial charge in [0, 0.05) is 11.8 Å². The summed E-state index contributed by atoms with van der Waals surface area (Å²) in [5.41, 5.74) is 0.942. The number of hydrogen-bond acceptors (Lipinski definition) is 3. The van der Waals surface area contributed by atoms with Crippen LogP contribution >= 0.6 is 0 Å². The minimum Gasteiger partial charge on any atom is -0.457 e. The second kappa shape index (κ2) is 5.35. The first-order chi connectivity index (χ1) is 9.42. The third-order valence-electron chi connectivity index (χ3n) is 2.60. The van der Waals surface area contributed by atoms with Gasteiger partial charge in [0.15, 0.2) is 0 Å². The topological polar surface area (TPSA) is 39.9 Å². The van der Waals surface area contributed by atoms with Gasteiger partial charge in [-0.1, -0.05) is 41.6 Å². The summed E-state index contributed by atoms with van der Waals surface area (Å²) in [6.45, 7) is 1.87. The first kappa shape index (κ1) is 11.5. The van der Waals surface area contributed by atoms with Crippen molar-refractivity contribution in [1.82, 2.24) is 15.0 Å². The molecule has 1 heterocycles. The molecular formula is C15H12N3O. The number of para-hydroxylation sites is 2. The highest BCUT2D eigenvalue weighted by Gasteiger charge is 2.06. The highest BCUT2D eigenvalue weighted by molar-refractivity contribution is 5.41. The van der Waals surface area contributed by atoms with E-state index in [-0.39, 0.29) is 0 Å². The van der Waals surface area contributed by atoms with Crippen LogP contribution in [-0.2, 0) is 0 Å². The number of benzene rings is 2. The molecule has 0 saturated carbocycles. The van der Waals surface area contributed by atoms with Crippen LogP contribution in [0.1, 0.15) is 5.56 Å². The number of rotatable bonds is 4. The van der Waals surface area contributed by atoms with Crippen LogP contribution in [0.3, 0.4) is 0 Å². The third kappa shape index (κ3) is 2.80. The molecule has 0 amide bonds. The Balaban J connectivity index is 1.85. The van der Waals surface area contributed by atoms with E-state index in [4.69, 9.17) is 4.74 Å². The molecular weight excluding hydrogens is 238 g/mol. The Bertz CT molecular complexity index is 636. The summed E-state index contributed by atoms with van der Waals surface area (Å²) in [5.74, 6) is 1.59. The normalized spacial score (nSPS) is 10.3. The van der Waals surface area contributed by atoms with Crippen molar-refractivity contribution in [2.24, 2.45) is 0 Å². The van der Waals surface area contributed by atoms with Gasteiger partial charge in [-0.3, -0.25) is 0 Å². The van der Waals surface area contributed by atoms with Gasteiger partial charge < -0.3 is 4.74 Å². The van der Waals surface area contributed by atoms with E-state index in [1.165, 1.54) is 0 Å². The van der Waals surface area contributed by atoms with Gasteiger partial charge in [-0.25, -0.2) is 4.68 Å². The predicted molar refractivity (Wildman–Crippen MR) is 71.8 cm³/mol. The van der Waals surface area contributed by atoms with E-state index in [1.54, 1.807) is 17.1 Å². The molecule has 0 bridgehead atoms. The number of hydrogen-bond donors (Lipinski definition) is 0. The van der Waals surface area contributed by atoms with Crippen molar-refractivity contribution in [1.29, 1.82) is 0 Å². The molecule has 1 aromatic heterocycles. The maximum Gasteiger partial charge on any atom is 0.132 e. The summed E-state index contributed by atoms with van der Waals surface area (Å²) in [6, 6.07) is 17.5. The maximum absolute atomic E-state index is 5.87. The minimum absolute atomic E-state index is 0.782. The molecule has 3 rings (SSSR count). The van der Waals surface area contributed by atoms with Gasteiger partial charge in [0.25, 0.3) is 0 Å². The molecule has 0 aliphatic heterocycles. The van der Waals surface area contributed by atoms with E-state index in [1.807, 2.05) is 61.1 Å². The van der Waals surface area contributed by atoms with E-state index >= 15 is 0 Å². The molecule has 4 heteroatoms. The first-order valence-corrected chi connectivity index (χ1v) is 5.94. The Labute approximate surface area is 111 Å². The van der Waals surface area contributed by atoms with Crippen LogP contribution in [0.5, 0.6) is 11.5 Å². The molecule has 0 fully saturated rings. The lowest BCUT2D eigenvalue weighted by molar-refractivity contribution is 0.478. The standard InChI is InChI=1S/C15H12N3O/c1-2-7-14(8-3-1)19-15-9-5-4-6-13(15)12-18-11-10-16-17-18/h1-12H. The largest absolute Gasteiger partial charge is 0.457 e. The molecule has 0 N–H and O–H groups in total. The summed E-state index contributed by atoms with van der Waals surface area (Å²) in [7, 11) is 0. The van der Waals surface area contributed by atoms with Crippen molar-refractivity contribution >= 4 is 0 Å². The number of aromatic nitrogens is 3. The van der Waals surface area contributed by atoms with Crippen molar-refractivity contribution in [3.05, 3.63) is 79.1 Å². The average molecular weight is 250 g/mol. The smallest absolute Gasteiger partial charge is 0.132 e. The van der Waals surface area contributed by atoms with Crippen molar-refractivity contribution in [3.63, 3.8) is 0 Å². The second-order valence-corrected chi connectivity index (χ2v) is 3.97. The van der Waals surface area contributed by atoms with Gasteiger partial charge in [0.1, 0.15) is 18.0 Å². The predicted octanol–water partition coefficient (Wildman–Crippen LogP) is 3.13. The molecule has 2 aromatic carbocycles. The highest BCUT2D eigenvalue weighted by Crippen LogP contribution is 2.26. The maximum atomic E-state index is 5.87. The summed E-state index contributed by atoms with van der Waals surface area (Å²) < 4.78 is 7.51. The van der Waals surface area contributed by atoms with Crippen LogP contribution in [-0.4, -0.2) is 15.0 Å². The Morgan fingerprint density at radius 2 is 1.74 bits per heavy atom. The van der Waals surface area contributed by atoms with Gasteiger partial charge in [-0.15, -0.1) is 5.10 Å². The summed E-state index contributed by atoms with van der Waals surface area (Å²) in [6.07, 6.45) is 3.41. The van der Waals surface area contributed by atoms with E-state index in [9.17, 15) is 0 Å². The lowest BCUT2D eigenvalue weighted by Gasteiger charge is -2.10. The van der Waals surface area contributed by atoms with Gasteiger partial charge in [-0.05, 0) is 18.2 Å². The zero-order valence-corrected chi connectivity index (χ0v) is 10.2. The first-order valence-electron chi connectivity index (χ1n) is 5.94. The summed E-state index contributed by atoms with van der Waals surface area (Å²) in [4.78, 5) is 0. The second-order valence-electron chi connectivity index (χ2n) is 3.97. The molecule has 0 aliphatic carbocycles. The Morgan fingerprint density at radius 1 is 0.947 bits per heavy atom. The van der Waals surface area contributed by atoms with Crippen LogP contribution in [0.15, 0.2) is 67.0 Å². The number of ether oxygens (including phenoxy) is 1. The molecule has 19 heavy (non-hydrogen) atoms. The molecule has 0 saturated heterocycles. The van der Waals surface area contributed by atoms with Crippen molar-refractivity contribution in [2.75, 3.05) is 0 Å². The minimum atomic E-state index is 0.782. The van der Waals surface area contributed by atoms with Crippen LogP contribution in [0.4, 0.5) is 0 Å². The molecule has 0 unspecified atom stereocenters. The molecule has 3 aromatic rings. The Hall–Kier alpha value is -2.62. The van der Waals surface area contributed by atoms with Crippen LogP contribution < -0.4 is 4.74 Å². The Kier molecular flexibility index (Phi) is 3.23. The molecule has 4 nitrogen and oxygen atoms in total. The Morgan fingerprint density at radius 3 is 2.53 bits per heavy atom. The van der Waals surface area contributed by atoms with Crippen LogP contribution in [0.2, 0.25) is 0 Å². The summed E-state index contributed by atoms with van der Waals surface area (Å²) in [5, 5.41) is 7.69. The van der Waals surface area contributed by atoms with Crippen LogP contribution in [0, 0.1) is 6.54 Å². The van der Waals surface area contributed by atoms with Crippen molar-refractivity contribution < 1.29 is 4.74 Å². The quantitative estimate of drug-likeness (QED) is 0.714. The monoisotopic (exact) mass is 250 g/mol. The average Bonchev–Trinajstić information content (AvgIpc) is 2.95. The van der Waals surface area contributed by atoms with Gasteiger partial charge in [0.2, 0.25) is 0 Å². The van der Waals surface area contributed by atoms with Crippen molar-refractivity contribution in [2.45, 2.75) is 0 Å². The van der Waals surface area contributed by atoms with Crippen molar-refractivity contribution in [3.8, 4) is 11.5 Å². The zero-order chi connectivity index (χ0) is 12.9. The van der Waals surface area contributed by atoms with E-state index in [0.29, 0.717) is 0 Å². The molecule has 1 radical (unpaired) electrons. The fourth-order valence-electron chi connectivity index (χ4n) is 1.72. The lowest BCUT2D eigenvalue weighted by Crippen LogP contribution is -1.99. The lowest BCUT2D eigenvalue weighted by atomic mass is 10.2. The number of nitrogens with zero attached hydrogens (tertiary/aromatic N) is 3. The molecule has 93 valence electrons.